The Hall–Kier alpha value is -1.58. The molecule has 4 heteroatoms. The van der Waals surface area contributed by atoms with Crippen molar-refractivity contribution in [1.29, 1.82) is 0 Å². The number of hydrogen-bond acceptors (Lipinski definition) is 0. The molecule has 1 aliphatic heterocycles. The Labute approximate surface area is 108 Å². The van der Waals surface area contributed by atoms with E-state index in [0.29, 0.717) is 0 Å². The maximum atomic E-state index is 2.41. The van der Waals surface area contributed by atoms with E-state index in [4.69, 9.17) is 0 Å². The number of fused-ring (bicyclic) bond motifs is 2. The van der Waals surface area contributed by atoms with Gasteiger partial charge in [0.25, 0.3) is 0 Å². The summed E-state index contributed by atoms with van der Waals surface area (Å²) in [6.45, 7) is 13.0. The van der Waals surface area contributed by atoms with E-state index in [9.17, 15) is 0 Å². The molecule has 2 aromatic rings. The molecule has 18 heavy (non-hydrogen) atoms. The van der Waals surface area contributed by atoms with Gasteiger partial charge in [0, 0.05) is 26.0 Å². The molecule has 0 radical (unpaired) electrons. The fraction of sp³-hybridized carbons (Fsp3) is 0.571. The second-order valence-electron chi connectivity index (χ2n) is 5.35. The van der Waals surface area contributed by atoms with E-state index in [1.165, 1.54) is 22.8 Å². The number of nitrogens with zero attached hydrogens (tertiary/aromatic N) is 4. The topological polar surface area (TPSA) is 17.6 Å². The van der Waals surface area contributed by atoms with Crippen LogP contribution in [0.2, 0.25) is 0 Å². The molecule has 0 bridgehead atoms. The Balaban J connectivity index is 2.04. The van der Waals surface area contributed by atoms with Crippen LogP contribution in [0.25, 0.3) is 0 Å². The molecule has 96 valence electrons. The van der Waals surface area contributed by atoms with Crippen LogP contribution in [-0.2, 0) is 26.2 Å². The van der Waals surface area contributed by atoms with E-state index in [0.717, 1.165) is 26.2 Å². The van der Waals surface area contributed by atoms with Crippen LogP contribution >= 0.6 is 0 Å². The van der Waals surface area contributed by atoms with Crippen molar-refractivity contribution in [3.8, 4) is 0 Å². The SMILES string of the molecule is Cc1cc(C)[n+]2n1CC[n+]1c(C)cc(C)n1CC2. The Morgan fingerprint density at radius 3 is 1.56 bits per heavy atom. The maximum Gasteiger partial charge on any atom is 0.205 e. The lowest BCUT2D eigenvalue weighted by Gasteiger charge is -2.11. The van der Waals surface area contributed by atoms with Gasteiger partial charge in [-0.2, -0.15) is 9.36 Å². The van der Waals surface area contributed by atoms with Crippen LogP contribution < -0.4 is 9.36 Å². The van der Waals surface area contributed by atoms with Crippen LogP contribution in [0.4, 0.5) is 0 Å². The summed E-state index contributed by atoms with van der Waals surface area (Å²) in [5.74, 6) is 0. The second-order valence-corrected chi connectivity index (χ2v) is 5.35. The number of aryl methyl sites for hydroxylation is 4. The van der Waals surface area contributed by atoms with Crippen LogP contribution in [0.15, 0.2) is 12.1 Å². The van der Waals surface area contributed by atoms with Crippen molar-refractivity contribution in [2.75, 3.05) is 0 Å². The highest BCUT2D eigenvalue weighted by Crippen LogP contribution is 2.05. The predicted octanol–water partition coefficient (Wildman–Crippen LogP) is 0.812. The summed E-state index contributed by atoms with van der Waals surface area (Å²) in [7, 11) is 0. The van der Waals surface area contributed by atoms with E-state index < -0.39 is 0 Å². The van der Waals surface area contributed by atoms with E-state index in [1.807, 2.05) is 0 Å². The van der Waals surface area contributed by atoms with Gasteiger partial charge in [-0.05, 0) is 13.8 Å². The highest BCUT2D eigenvalue weighted by molar-refractivity contribution is 5.03. The smallest absolute Gasteiger partial charge is 0.151 e. The van der Waals surface area contributed by atoms with Crippen molar-refractivity contribution in [3.63, 3.8) is 0 Å². The van der Waals surface area contributed by atoms with Crippen LogP contribution in [-0.4, -0.2) is 9.36 Å². The summed E-state index contributed by atoms with van der Waals surface area (Å²) in [5, 5.41) is 0. The Morgan fingerprint density at radius 2 is 1.17 bits per heavy atom. The van der Waals surface area contributed by atoms with Crippen molar-refractivity contribution in [2.45, 2.75) is 53.9 Å². The average molecular weight is 246 g/mol. The third kappa shape index (κ3) is 1.59. The minimum absolute atomic E-state index is 1.05. The molecular formula is C14H22N4+2. The first kappa shape index (κ1) is 11.5. The fourth-order valence-electron chi connectivity index (χ4n) is 3.23. The summed E-state index contributed by atoms with van der Waals surface area (Å²) in [6.07, 6.45) is 0. The highest BCUT2D eigenvalue weighted by Gasteiger charge is 2.26. The zero-order valence-corrected chi connectivity index (χ0v) is 11.8. The van der Waals surface area contributed by atoms with Crippen LogP contribution in [0.5, 0.6) is 0 Å². The number of rotatable bonds is 0. The normalized spacial score (nSPS) is 14.9. The highest BCUT2D eigenvalue weighted by atomic mass is 15.5. The van der Waals surface area contributed by atoms with Gasteiger partial charge in [-0.25, -0.2) is 0 Å². The summed E-state index contributed by atoms with van der Waals surface area (Å²) >= 11 is 0. The van der Waals surface area contributed by atoms with Gasteiger partial charge in [-0.1, -0.05) is 0 Å². The molecule has 0 fully saturated rings. The summed E-state index contributed by atoms with van der Waals surface area (Å²) in [6, 6.07) is 4.57. The number of hydrogen-bond donors (Lipinski definition) is 0. The molecule has 0 unspecified atom stereocenters. The first-order valence-electron chi connectivity index (χ1n) is 6.71. The molecule has 3 rings (SSSR count). The minimum atomic E-state index is 1.05. The third-order valence-corrected chi connectivity index (χ3v) is 4.09. The van der Waals surface area contributed by atoms with Crippen LogP contribution in [0.1, 0.15) is 22.8 Å². The molecule has 3 heterocycles. The maximum absolute atomic E-state index is 2.41. The molecule has 0 N–H and O–H groups in total. The van der Waals surface area contributed by atoms with Gasteiger partial charge < -0.3 is 0 Å². The molecule has 0 aromatic carbocycles. The molecule has 0 saturated heterocycles. The molecule has 0 aliphatic carbocycles. The Bertz CT molecular complexity index is 501. The van der Waals surface area contributed by atoms with Crippen molar-refractivity contribution in [3.05, 3.63) is 34.9 Å². The summed E-state index contributed by atoms with van der Waals surface area (Å²) in [5.41, 5.74) is 5.45. The molecule has 0 saturated carbocycles. The molecule has 0 atom stereocenters. The number of aromatic nitrogens is 4. The van der Waals surface area contributed by atoms with Crippen molar-refractivity contribution < 1.29 is 9.36 Å². The molecule has 2 aromatic heterocycles. The lowest BCUT2D eigenvalue weighted by Crippen LogP contribution is -2.56. The van der Waals surface area contributed by atoms with Gasteiger partial charge in [-0.3, -0.25) is 0 Å². The van der Waals surface area contributed by atoms with Gasteiger partial charge >= 0.3 is 0 Å². The summed E-state index contributed by atoms with van der Waals surface area (Å²) < 4.78 is 9.64. The quantitative estimate of drug-likeness (QED) is 0.612. The van der Waals surface area contributed by atoms with Crippen LogP contribution in [0.3, 0.4) is 0 Å². The van der Waals surface area contributed by atoms with Crippen molar-refractivity contribution in [2.24, 2.45) is 0 Å². The molecule has 1 aliphatic rings. The molecule has 4 nitrogen and oxygen atoms in total. The standard InChI is InChI=1S/C14H22N4/c1-11-9-12(2)16-7-8-18-14(4)10-13(3)17(18)6-5-15(11)16/h9-10H,5-8H2,1-4H3/q+2. The third-order valence-electron chi connectivity index (χ3n) is 4.09. The van der Waals surface area contributed by atoms with Gasteiger partial charge in [0.05, 0.1) is 11.4 Å². The monoisotopic (exact) mass is 246 g/mol. The van der Waals surface area contributed by atoms with E-state index >= 15 is 0 Å². The summed E-state index contributed by atoms with van der Waals surface area (Å²) in [4.78, 5) is 0. The average Bonchev–Trinajstić information content (AvgIpc) is 2.65. The largest absolute Gasteiger partial charge is 0.205 e. The first-order chi connectivity index (χ1) is 8.58. The van der Waals surface area contributed by atoms with Gasteiger partial charge in [-0.15, -0.1) is 9.36 Å². The van der Waals surface area contributed by atoms with E-state index in [-0.39, 0.29) is 0 Å². The zero-order valence-electron chi connectivity index (χ0n) is 11.8. The molecule has 0 amide bonds. The molecule has 0 spiro atoms. The lowest BCUT2D eigenvalue weighted by atomic mass is 10.4. The lowest BCUT2D eigenvalue weighted by molar-refractivity contribution is -0.830. The Kier molecular flexibility index (Phi) is 2.54. The first-order valence-corrected chi connectivity index (χ1v) is 6.71. The van der Waals surface area contributed by atoms with Gasteiger partial charge in [0.1, 0.15) is 13.1 Å². The van der Waals surface area contributed by atoms with Gasteiger partial charge in [0.2, 0.25) is 11.4 Å². The Morgan fingerprint density at radius 1 is 0.778 bits per heavy atom. The zero-order chi connectivity index (χ0) is 12.9. The van der Waals surface area contributed by atoms with Crippen LogP contribution in [0, 0.1) is 27.7 Å². The van der Waals surface area contributed by atoms with Crippen molar-refractivity contribution in [1.82, 2.24) is 9.36 Å². The molecular weight excluding hydrogens is 224 g/mol. The second kappa shape index (κ2) is 3.97. The minimum Gasteiger partial charge on any atom is -0.151 e. The fourth-order valence-corrected chi connectivity index (χ4v) is 3.23. The predicted molar refractivity (Wildman–Crippen MR) is 68.2 cm³/mol. The van der Waals surface area contributed by atoms with Crippen molar-refractivity contribution >= 4 is 0 Å². The van der Waals surface area contributed by atoms with E-state index in [1.54, 1.807) is 0 Å². The van der Waals surface area contributed by atoms with Gasteiger partial charge in [0.15, 0.2) is 13.1 Å². The van der Waals surface area contributed by atoms with E-state index in [2.05, 4.69) is 58.6 Å².